The highest BCUT2D eigenvalue weighted by Crippen LogP contribution is 2.24. The summed E-state index contributed by atoms with van der Waals surface area (Å²) in [6, 6.07) is -0.599. The van der Waals surface area contributed by atoms with Gasteiger partial charge in [0, 0.05) is 19.6 Å². The summed E-state index contributed by atoms with van der Waals surface area (Å²) < 4.78 is 0. The fourth-order valence-electron chi connectivity index (χ4n) is 2.66. The van der Waals surface area contributed by atoms with E-state index in [-0.39, 0.29) is 44.4 Å². The summed E-state index contributed by atoms with van der Waals surface area (Å²) in [5.41, 5.74) is 0. The van der Waals surface area contributed by atoms with Crippen LogP contribution < -0.4 is 10.6 Å². The lowest BCUT2D eigenvalue weighted by Crippen LogP contribution is -2.60. The van der Waals surface area contributed by atoms with Gasteiger partial charge in [-0.25, -0.2) is 0 Å². The molecular formula is C12H17N3O6. The number of rotatable bonds is 3. The van der Waals surface area contributed by atoms with Crippen molar-refractivity contribution >= 4 is 23.8 Å². The van der Waals surface area contributed by atoms with E-state index >= 15 is 0 Å². The quantitative estimate of drug-likeness (QED) is 0.460. The van der Waals surface area contributed by atoms with Crippen LogP contribution >= 0.6 is 0 Å². The summed E-state index contributed by atoms with van der Waals surface area (Å²) in [6.45, 7) is 0.252. The third kappa shape index (κ3) is 3.30. The predicted octanol–water partition coefficient (Wildman–Crippen LogP) is -2.29. The molecule has 0 aromatic carbocycles. The molecule has 2 saturated heterocycles. The Bertz CT molecular complexity index is 470. The number of aliphatic carboxylic acids is 2. The van der Waals surface area contributed by atoms with Crippen LogP contribution in [0.2, 0.25) is 0 Å². The van der Waals surface area contributed by atoms with Crippen molar-refractivity contribution in [2.24, 2.45) is 11.8 Å². The Balaban J connectivity index is 2.01. The van der Waals surface area contributed by atoms with Crippen LogP contribution in [0.15, 0.2) is 0 Å². The first kappa shape index (κ1) is 15.2. The average Bonchev–Trinajstić information content (AvgIpc) is 2.46. The van der Waals surface area contributed by atoms with Gasteiger partial charge in [-0.1, -0.05) is 0 Å². The van der Waals surface area contributed by atoms with Gasteiger partial charge in [-0.05, 0) is 6.42 Å². The van der Waals surface area contributed by atoms with Crippen molar-refractivity contribution in [2.45, 2.75) is 12.5 Å². The number of piperazine rings is 1. The van der Waals surface area contributed by atoms with Crippen LogP contribution in [0, 0.1) is 11.8 Å². The molecule has 0 radical (unpaired) electrons. The van der Waals surface area contributed by atoms with E-state index < -0.39 is 29.8 Å². The van der Waals surface area contributed by atoms with Crippen molar-refractivity contribution in [3.8, 4) is 0 Å². The third-order valence-electron chi connectivity index (χ3n) is 3.87. The first-order valence-electron chi connectivity index (χ1n) is 6.64. The van der Waals surface area contributed by atoms with E-state index in [4.69, 9.17) is 10.2 Å². The number of piperidine rings is 1. The number of carboxylic acid groups (broad SMARTS) is 2. The van der Waals surface area contributed by atoms with E-state index in [0.29, 0.717) is 0 Å². The molecule has 2 fully saturated rings. The Kier molecular flexibility index (Phi) is 4.41. The predicted molar refractivity (Wildman–Crippen MR) is 68.2 cm³/mol. The second-order valence-electron chi connectivity index (χ2n) is 5.20. The Morgan fingerprint density at radius 3 is 2.33 bits per heavy atom. The third-order valence-corrected chi connectivity index (χ3v) is 3.87. The number of carbonyl (C=O) groups is 4. The smallest absolute Gasteiger partial charge is 0.309 e. The topological polar surface area (TPSA) is 136 Å². The monoisotopic (exact) mass is 299 g/mol. The van der Waals surface area contributed by atoms with Gasteiger partial charge in [0.15, 0.2) is 0 Å². The Morgan fingerprint density at radius 1 is 1.14 bits per heavy atom. The van der Waals surface area contributed by atoms with Gasteiger partial charge in [0.2, 0.25) is 11.8 Å². The molecule has 0 aromatic heterocycles. The van der Waals surface area contributed by atoms with E-state index in [1.807, 2.05) is 0 Å². The van der Waals surface area contributed by atoms with Crippen LogP contribution in [0.1, 0.15) is 6.42 Å². The van der Waals surface area contributed by atoms with E-state index in [2.05, 4.69) is 10.6 Å². The molecule has 9 heteroatoms. The SMILES string of the molecule is O=C1CNC(C(=O)N2CCC(C(=O)O)C(C(=O)O)C2)CN1. The number of carboxylic acids is 2. The molecule has 2 aliphatic heterocycles. The van der Waals surface area contributed by atoms with Crippen LogP contribution in [-0.2, 0) is 19.2 Å². The van der Waals surface area contributed by atoms with E-state index in [1.165, 1.54) is 4.90 Å². The molecule has 0 aromatic rings. The van der Waals surface area contributed by atoms with Crippen molar-refractivity contribution in [1.82, 2.24) is 15.5 Å². The average molecular weight is 299 g/mol. The summed E-state index contributed by atoms with van der Waals surface area (Å²) in [4.78, 5) is 46.9. The van der Waals surface area contributed by atoms with Gasteiger partial charge < -0.3 is 20.4 Å². The fourth-order valence-corrected chi connectivity index (χ4v) is 2.66. The molecule has 0 saturated carbocycles. The van der Waals surface area contributed by atoms with Crippen molar-refractivity contribution < 1.29 is 29.4 Å². The lowest BCUT2D eigenvalue weighted by Gasteiger charge is -2.37. The fraction of sp³-hybridized carbons (Fsp3) is 0.667. The minimum Gasteiger partial charge on any atom is -0.481 e. The number of likely N-dealkylation sites (tertiary alicyclic amines) is 1. The first-order valence-corrected chi connectivity index (χ1v) is 6.64. The molecule has 2 amide bonds. The van der Waals surface area contributed by atoms with Crippen LogP contribution in [0.25, 0.3) is 0 Å². The molecule has 116 valence electrons. The highest BCUT2D eigenvalue weighted by Gasteiger charge is 2.41. The molecule has 3 unspecified atom stereocenters. The maximum Gasteiger partial charge on any atom is 0.309 e. The lowest BCUT2D eigenvalue weighted by atomic mass is 9.85. The zero-order valence-electron chi connectivity index (χ0n) is 11.2. The van der Waals surface area contributed by atoms with Gasteiger partial charge in [0.25, 0.3) is 0 Å². The van der Waals surface area contributed by atoms with Gasteiger partial charge in [0.1, 0.15) is 6.04 Å². The van der Waals surface area contributed by atoms with E-state index in [9.17, 15) is 19.2 Å². The molecule has 2 heterocycles. The molecule has 2 aliphatic rings. The lowest BCUT2D eigenvalue weighted by molar-refractivity contribution is -0.159. The molecule has 9 nitrogen and oxygen atoms in total. The van der Waals surface area contributed by atoms with Crippen molar-refractivity contribution in [2.75, 3.05) is 26.2 Å². The molecular weight excluding hydrogens is 282 g/mol. The van der Waals surface area contributed by atoms with Gasteiger partial charge >= 0.3 is 11.9 Å². The van der Waals surface area contributed by atoms with Crippen LogP contribution in [0.3, 0.4) is 0 Å². The molecule has 0 aliphatic carbocycles. The summed E-state index contributed by atoms with van der Waals surface area (Å²) in [5, 5.41) is 23.5. The zero-order chi connectivity index (χ0) is 15.6. The highest BCUT2D eigenvalue weighted by molar-refractivity contribution is 5.88. The van der Waals surface area contributed by atoms with E-state index in [0.717, 1.165) is 0 Å². The Hall–Kier alpha value is -2.16. The summed E-state index contributed by atoms with van der Waals surface area (Å²) in [5.74, 6) is -4.98. The van der Waals surface area contributed by atoms with Crippen LogP contribution in [-0.4, -0.2) is 71.1 Å². The Morgan fingerprint density at radius 2 is 1.81 bits per heavy atom. The second kappa shape index (κ2) is 6.08. The molecule has 0 bridgehead atoms. The molecule has 3 atom stereocenters. The Labute approximate surface area is 120 Å². The highest BCUT2D eigenvalue weighted by atomic mass is 16.4. The van der Waals surface area contributed by atoms with Crippen LogP contribution in [0.5, 0.6) is 0 Å². The number of hydrogen-bond acceptors (Lipinski definition) is 5. The molecule has 0 spiro atoms. The van der Waals surface area contributed by atoms with Crippen molar-refractivity contribution in [3.05, 3.63) is 0 Å². The number of amides is 2. The maximum atomic E-state index is 12.3. The minimum atomic E-state index is -1.22. The van der Waals surface area contributed by atoms with Gasteiger partial charge in [-0.15, -0.1) is 0 Å². The zero-order valence-corrected chi connectivity index (χ0v) is 11.2. The van der Waals surface area contributed by atoms with Gasteiger partial charge in [-0.2, -0.15) is 0 Å². The summed E-state index contributed by atoms with van der Waals surface area (Å²) in [6.07, 6.45) is 0.108. The first-order chi connectivity index (χ1) is 9.90. The van der Waals surface area contributed by atoms with Crippen molar-refractivity contribution in [1.29, 1.82) is 0 Å². The maximum absolute atomic E-state index is 12.3. The number of carbonyl (C=O) groups excluding carboxylic acids is 2. The largest absolute Gasteiger partial charge is 0.481 e. The van der Waals surface area contributed by atoms with E-state index in [1.54, 1.807) is 0 Å². The standard InChI is InChI=1S/C12H17N3O6/c16-9-4-13-8(3-14-9)10(17)15-2-1-6(11(18)19)7(5-15)12(20)21/h6-8,13H,1-5H2,(H,14,16)(H,18,19)(H,20,21). The number of nitrogens with one attached hydrogen (secondary N) is 2. The minimum absolute atomic E-state index is 0.0321. The molecule has 2 rings (SSSR count). The molecule has 21 heavy (non-hydrogen) atoms. The van der Waals surface area contributed by atoms with Gasteiger partial charge in [-0.3, -0.25) is 24.5 Å². The van der Waals surface area contributed by atoms with Crippen molar-refractivity contribution in [3.63, 3.8) is 0 Å². The van der Waals surface area contributed by atoms with Gasteiger partial charge in [0.05, 0.1) is 18.4 Å². The normalized spacial score (nSPS) is 29.6. The summed E-state index contributed by atoms with van der Waals surface area (Å²) >= 11 is 0. The number of hydrogen-bond donors (Lipinski definition) is 4. The summed E-state index contributed by atoms with van der Waals surface area (Å²) in [7, 11) is 0. The number of nitrogens with zero attached hydrogens (tertiary/aromatic N) is 1. The van der Waals surface area contributed by atoms with Crippen LogP contribution in [0.4, 0.5) is 0 Å². The molecule has 4 N–H and O–H groups in total. The second-order valence-corrected chi connectivity index (χ2v) is 5.20.